The Morgan fingerprint density at radius 2 is 2.36 bits per heavy atom. The highest BCUT2D eigenvalue weighted by molar-refractivity contribution is 7.40. The predicted octanol–water partition coefficient (Wildman–Crippen LogP) is 1.15. The van der Waals surface area contributed by atoms with Crippen LogP contribution >= 0.6 is 8.03 Å². The van der Waals surface area contributed by atoms with Gasteiger partial charge in [0.2, 0.25) is 8.03 Å². The molecule has 0 amide bonds. The van der Waals surface area contributed by atoms with Gasteiger partial charge in [-0.3, -0.25) is 4.57 Å². The van der Waals surface area contributed by atoms with Crippen molar-refractivity contribution in [1.82, 2.24) is 5.32 Å². The maximum Gasteiger partial charge on any atom is 0.208 e. The fourth-order valence-corrected chi connectivity index (χ4v) is 2.45. The van der Waals surface area contributed by atoms with E-state index in [0.29, 0.717) is 0 Å². The van der Waals surface area contributed by atoms with Crippen LogP contribution in [0, 0.1) is 6.42 Å². The van der Waals surface area contributed by atoms with Gasteiger partial charge in [-0.1, -0.05) is 12.8 Å². The molecule has 0 spiro atoms. The Labute approximate surface area is 68.1 Å². The third-order valence-electron chi connectivity index (χ3n) is 2.35. The van der Waals surface area contributed by atoms with Gasteiger partial charge in [-0.05, 0) is 26.3 Å². The Hall–Kier alpha value is 0.150. The van der Waals surface area contributed by atoms with Gasteiger partial charge >= 0.3 is 0 Å². The van der Waals surface area contributed by atoms with Crippen LogP contribution in [0.2, 0.25) is 0 Å². The fraction of sp³-hybridized carbons (Fsp3) is 0.857. The van der Waals surface area contributed by atoms with Gasteiger partial charge in [0, 0.05) is 0 Å². The van der Waals surface area contributed by atoms with Crippen molar-refractivity contribution in [3.05, 3.63) is 6.42 Å². The fourth-order valence-electron chi connectivity index (χ4n) is 1.53. The first-order valence-corrected chi connectivity index (χ1v) is 5.33. The SMILES string of the molecule is CNC1([PH](=O)O)[CH]CCCC1. The minimum absolute atomic E-state index is 0.553. The second-order valence-electron chi connectivity index (χ2n) is 2.98. The molecule has 2 unspecified atom stereocenters. The van der Waals surface area contributed by atoms with Crippen molar-refractivity contribution in [3.8, 4) is 0 Å². The van der Waals surface area contributed by atoms with Crippen molar-refractivity contribution in [2.75, 3.05) is 7.05 Å². The molecule has 3 nitrogen and oxygen atoms in total. The molecule has 0 saturated heterocycles. The highest BCUT2D eigenvalue weighted by atomic mass is 31.1. The van der Waals surface area contributed by atoms with E-state index < -0.39 is 13.3 Å². The van der Waals surface area contributed by atoms with Crippen LogP contribution in [0.5, 0.6) is 0 Å². The molecule has 1 saturated carbocycles. The second-order valence-corrected chi connectivity index (χ2v) is 4.48. The smallest absolute Gasteiger partial charge is 0.208 e. The molecule has 2 atom stereocenters. The van der Waals surface area contributed by atoms with E-state index in [0.717, 1.165) is 25.7 Å². The standard InChI is InChI=1S/C7H15NO2P/c1-8-7(11(9)10)5-3-2-4-6-7/h5,8,11H,2-4,6H2,1H3,(H,9,10). The quantitative estimate of drug-likeness (QED) is 0.620. The van der Waals surface area contributed by atoms with Crippen LogP contribution in [0.15, 0.2) is 0 Å². The van der Waals surface area contributed by atoms with Crippen LogP contribution in [0.4, 0.5) is 0 Å². The van der Waals surface area contributed by atoms with Crippen LogP contribution in [-0.4, -0.2) is 17.2 Å². The van der Waals surface area contributed by atoms with E-state index in [1.165, 1.54) is 0 Å². The highest BCUT2D eigenvalue weighted by Gasteiger charge is 2.35. The van der Waals surface area contributed by atoms with Gasteiger partial charge < -0.3 is 10.2 Å². The molecular weight excluding hydrogens is 161 g/mol. The van der Waals surface area contributed by atoms with Gasteiger partial charge in [-0.2, -0.15) is 0 Å². The van der Waals surface area contributed by atoms with Crippen LogP contribution in [0.25, 0.3) is 0 Å². The second kappa shape index (κ2) is 3.70. The van der Waals surface area contributed by atoms with Gasteiger partial charge in [-0.25, -0.2) is 0 Å². The summed E-state index contributed by atoms with van der Waals surface area (Å²) < 4.78 is 11.0. The summed E-state index contributed by atoms with van der Waals surface area (Å²) >= 11 is 0. The largest absolute Gasteiger partial charge is 0.345 e. The van der Waals surface area contributed by atoms with E-state index in [1.54, 1.807) is 7.05 Å². The molecule has 0 aromatic carbocycles. The molecule has 0 heterocycles. The van der Waals surface area contributed by atoms with Crippen molar-refractivity contribution in [2.45, 2.75) is 31.0 Å². The Kier molecular flexibility index (Phi) is 3.11. The Morgan fingerprint density at radius 3 is 2.64 bits per heavy atom. The van der Waals surface area contributed by atoms with Crippen molar-refractivity contribution in [2.24, 2.45) is 0 Å². The van der Waals surface area contributed by atoms with Gasteiger partial charge in [0.1, 0.15) is 0 Å². The van der Waals surface area contributed by atoms with Crippen molar-refractivity contribution in [3.63, 3.8) is 0 Å². The monoisotopic (exact) mass is 176 g/mol. The summed E-state index contributed by atoms with van der Waals surface area (Å²) in [5.74, 6) is 0. The summed E-state index contributed by atoms with van der Waals surface area (Å²) in [5, 5.41) is 2.39. The number of nitrogens with one attached hydrogen (secondary N) is 1. The summed E-state index contributed by atoms with van der Waals surface area (Å²) in [7, 11) is -0.711. The van der Waals surface area contributed by atoms with E-state index in [-0.39, 0.29) is 0 Å². The molecule has 1 aliphatic rings. The number of hydrogen-bond acceptors (Lipinski definition) is 2. The van der Waals surface area contributed by atoms with Gasteiger partial charge in [0.15, 0.2) is 0 Å². The first-order chi connectivity index (χ1) is 5.21. The minimum atomic E-state index is -2.46. The normalized spacial score (nSPS) is 26.4. The Morgan fingerprint density at radius 1 is 1.64 bits per heavy atom. The lowest BCUT2D eigenvalue weighted by atomic mass is 9.95. The summed E-state index contributed by atoms with van der Waals surface area (Å²) in [4.78, 5) is 9.08. The molecule has 1 fully saturated rings. The summed E-state index contributed by atoms with van der Waals surface area (Å²) in [6.45, 7) is 0. The average molecular weight is 176 g/mol. The van der Waals surface area contributed by atoms with Gasteiger partial charge in [0.25, 0.3) is 0 Å². The third-order valence-corrected chi connectivity index (χ3v) is 3.81. The molecule has 1 radical (unpaired) electrons. The molecule has 65 valence electrons. The molecule has 1 aliphatic carbocycles. The lowest BCUT2D eigenvalue weighted by Crippen LogP contribution is -2.41. The maximum absolute atomic E-state index is 11.0. The summed E-state index contributed by atoms with van der Waals surface area (Å²) in [5.41, 5.74) is 0. The molecule has 0 aromatic heterocycles. The van der Waals surface area contributed by atoms with Crippen molar-refractivity contribution >= 4 is 8.03 Å². The minimum Gasteiger partial charge on any atom is -0.345 e. The topological polar surface area (TPSA) is 49.3 Å². The number of hydrogen-bond donors (Lipinski definition) is 2. The molecule has 1 rings (SSSR count). The van der Waals surface area contributed by atoms with E-state index in [4.69, 9.17) is 4.89 Å². The van der Waals surface area contributed by atoms with Crippen LogP contribution in [0.3, 0.4) is 0 Å². The lowest BCUT2D eigenvalue weighted by Gasteiger charge is -2.33. The van der Waals surface area contributed by atoms with Crippen molar-refractivity contribution in [1.29, 1.82) is 0 Å². The molecule has 2 N–H and O–H groups in total. The number of rotatable bonds is 2. The summed E-state index contributed by atoms with van der Waals surface area (Å²) in [6, 6.07) is 0. The average Bonchev–Trinajstić information content (AvgIpc) is 2.05. The molecule has 0 aliphatic heterocycles. The third kappa shape index (κ3) is 1.84. The van der Waals surface area contributed by atoms with Crippen LogP contribution in [-0.2, 0) is 4.57 Å². The molecule has 0 bridgehead atoms. The molecular formula is C7H15NO2P. The zero-order chi connectivity index (χ0) is 8.32. The van der Waals surface area contributed by atoms with Gasteiger partial charge in [0.05, 0.1) is 5.28 Å². The van der Waals surface area contributed by atoms with Crippen LogP contribution in [0.1, 0.15) is 25.7 Å². The Balaban J connectivity index is 2.64. The summed E-state index contributed by atoms with van der Waals surface area (Å²) in [6.07, 6.45) is 5.92. The Bertz CT molecular complexity index is 155. The van der Waals surface area contributed by atoms with E-state index in [2.05, 4.69) is 5.32 Å². The first-order valence-electron chi connectivity index (χ1n) is 3.98. The maximum atomic E-state index is 11.0. The molecule has 4 heteroatoms. The molecule has 11 heavy (non-hydrogen) atoms. The zero-order valence-corrected chi connectivity index (χ0v) is 7.76. The van der Waals surface area contributed by atoms with Crippen molar-refractivity contribution < 1.29 is 9.46 Å². The highest BCUT2D eigenvalue weighted by Crippen LogP contribution is 2.43. The van der Waals surface area contributed by atoms with E-state index in [9.17, 15) is 4.57 Å². The van der Waals surface area contributed by atoms with E-state index >= 15 is 0 Å². The zero-order valence-electron chi connectivity index (χ0n) is 6.76. The van der Waals surface area contributed by atoms with Gasteiger partial charge in [-0.15, -0.1) is 0 Å². The lowest BCUT2D eigenvalue weighted by molar-refractivity contribution is 0.377. The molecule has 0 aromatic rings. The predicted molar refractivity (Wildman–Crippen MR) is 45.8 cm³/mol. The first kappa shape index (κ1) is 9.24. The van der Waals surface area contributed by atoms with Crippen LogP contribution < -0.4 is 5.32 Å². The van der Waals surface area contributed by atoms with E-state index in [1.807, 2.05) is 6.42 Å².